The Kier molecular flexibility index (Phi) is 3.96. The highest BCUT2D eigenvalue weighted by Gasteiger charge is 2.17. The van der Waals surface area contributed by atoms with Gasteiger partial charge < -0.3 is 10.1 Å². The number of hydrogen-bond acceptors (Lipinski definition) is 6. The van der Waals surface area contributed by atoms with Crippen molar-refractivity contribution in [3.8, 4) is 5.75 Å². The lowest BCUT2D eigenvalue weighted by atomic mass is 10.0. The first kappa shape index (κ1) is 17.2. The molecular weight excluding hydrogens is 364 g/mol. The molecule has 9 heteroatoms. The molecule has 0 aliphatic rings. The van der Waals surface area contributed by atoms with Crippen LogP contribution in [0.4, 0.5) is 5.69 Å². The van der Waals surface area contributed by atoms with Gasteiger partial charge in [0.1, 0.15) is 5.75 Å². The number of aromatic nitrogens is 2. The van der Waals surface area contributed by atoms with Crippen molar-refractivity contribution in [1.82, 2.24) is 9.66 Å². The van der Waals surface area contributed by atoms with Gasteiger partial charge in [0.25, 0.3) is 11.2 Å². The minimum Gasteiger partial charge on any atom is -0.507 e. The smallest absolute Gasteiger partial charge is 0.349 e. The Balaban J connectivity index is 1.92. The number of para-hydroxylation sites is 1. The Labute approximate surface area is 156 Å². The number of non-ortho nitro benzene ring substituents is 1. The van der Waals surface area contributed by atoms with Crippen LogP contribution in [0.25, 0.3) is 21.7 Å². The van der Waals surface area contributed by atoms with Crippen LogP contribution in [0.2, 0.25) is 0 Å². The topological polar surface area (TPSA) is 131 Å². The van der Waals surface area contributed by atoms with E-state index < -0.39 is 16.2 Å². The molecule has 4 rings (SSSR count). The molecule has 9 nitrogen and oxygen atoms in total. The van der Waals surface area contributed by atoms with Crippen molar-refractivity contribution >= 4 is 33.6 Å². The predicted molar refractivity (Wildman–Crippen MR) is 104 cm³/mol. The Morgan fingerprint density at radius 1 is 1.04 bits per heavy atom. The SMILES string of the molecule is O=c1[nH]c2ccccc2c(=O)n1N=Cc1cc([N+](=O)[O-])c2ccccc2c1O. The lowest BCUT2D eigenvalue weighted by Gasteiger charge is -2.06. The summed E-state index contributed by atoms with van der Waals surface area (Å²) in [6.45, 7) is 0. The molecule has 4 aromatic rings. The monoisotopic (exact) mass is 376 g/mol. The highest BCUT2D eigenvalue weighted by molar-refractivity contribution is 6.02. The molecular formula is C19H12N4O5. The molecule has 138 valence electrons. The van der Waals surface area contributed by atoms with Crippen molar-refractivity contribution in [3.63, 3.8) is 0 Å². The maximum absolute atomic E-state index is 12.5. The van der Waals surface area contributed by atoms with E-state index in [0.29, 0.717) is 10.2 Å². The molecule has 2 N–H and O–H groups in total. The van der Waals surface area contributed by atoms with Crippen LogP contribution in [-0.2, 0) is 0 Å². The number of fused-ring (bicyclic) bond motifs is 2. The van der Waals surface area contributed by atoms with E-state index in [9.17, 15) is 24.8 Å². The van der Waals surface area contributed by atoms with Gasteiger partial charge in [-0.3, -0.25) is 14.9 Å². The lowest BCUT2D eigenvalue weighted by molar-refractivity contribution is -0.383. The van der Waals surface area contributed by atoms with Gasteiger partial charge in [0.15, 0.2) is 0 Å². The molecule has 0 saturated carbocycles. The van der Waals surface area contributed by atoms with Crippen molar-refractivity contribution in [1.29, 1.82) is 0 Å². The van der Waals surface area contributed by atoms with Gasteiger partial charge in [-0.15, -0.1) is 4.68 Å². The Morgan fingerprint density at radius 2 is 1.68 bits per heavy atom. The standard InChI is InChI=1S/C19H12N4O5/c24-17-11(9-16(23(27)28)12-5-1-2-6-13(12)17)10-20-22-18(25)14-7-3-4-8-15(14)21-19(22)26/h1-10,24H,(H,21,26). The zero-order valence-corrected chi connectivity index (χ0v) is 14.2. The van der Waals surface area contributed by atoms with E-state index in [4.69, 9.17) is 0 Å². The average molecular weight is 376 g/mol. The fourth-order valence-electron chi connectivity index (χ4n) is 2.99. The summed E-state index contributed by atoms with van der Waals surface area (Å²) in [5.74, 6) is -0.241. The Hall–Kier alpha value is -4.27. The molecule has 0 bridgehead atoms. The van der Waals surface area contributed by atoms with Crippen LogP contribution < -0.4 is 11.2 Å². The van der Waals surface area contributed by atoms with E-state index >= 15 is 0 Å². The number of H-pyrrole nitrogens is 1. The highest BCUT2D eigenvalue weighted by atomic mass is 16.6. The molecule has 28 heavy (non-hydrogen) atoms. The zero-order chi connectivity index (χ0) is 19.8. The number of nitrogens with zero attached hydrogens (tertiary/aromatic N) is 3. The molecule has 0 spiro atoms. The summed E-state index contributed by atoms with van der Waals surface area (Å²) in [5.41, 5.74) is -1.27. The summed E-state index contributed by atoms with van der Waals surface area (Å²) < 4.78 is 0.600. The minimum atomic E-state index is -0.769. The first-order valence-corrected chi connectivity index (χ1v) is 8.15. The number of rotatable bonds is 3. The van der Waals surface area contributed by atoms with Gasteiger partial charge >= 0.3 is 5.69 Å². The van der Waals surface area contributed by atoms with E-state index in [1.807, 2.05) is 0 Å². The number of aromatic amines is 1. The fourth-order valence-corrected chi connectivity index (χ4v) is 2.99. The third-order valence-electron chi connectivity index (χ3n) is 4.32. The maximum atomic E-state index is 12.5. The first-order chi connectivity index (χ1) is 13.5. The largest absolute Gasteiger partial charge is 0.507 e. The second-order valence-corrected chi connectivity index (χ2v) is 5.97. The fraction of sp³-hybridized carbons (Fsp3) is 0. The highest BCUT2D eigenvalue weighted by Crippen LogP contribution is 2.34. The van der Waals surface area contributed by atoms with Crippen LogP contribution in [0.5, 0.6) is 5.75 Å². The molecule has 0 aliphatic carbocycles. The van der Waals surface area contributed by atoms with Crippen LogP contribution in [0, 0.1) is 10.1 Å². The van der Waals surface area contributed by atoms with Crippen LogP contribution in [-0.4, -0.2) is 25.9 Å². The van der Waals surface area contributed by atoms with Gasteiger partial charge in [-0.05, 0) is 18.2 Å². The third kappa shape index (κ3) is 2.71. The number of nitrogens with one attached hydrogen (secondary N) is 1. The van der Waals surface area contributed by atoms with Gasteiger partial charge in [0.2, 0.25) is 0 Å². The van der Waals surface area contributed by atoms with Crippen LogP contribution >= 0.6 is 0 Å². The van der Waals surface area contributed by atoms with Crippen LogP contribution in [0.15, 0.2) is 69.3 Å². The molecule has 0 radical (unpaired) electrons. The van der Waals surface area contributed by atoms with E-state index in [1.165, 1.54) is 18.2 Å². The minimum absolute atomic E-state index is 0.00450. The van der Waals surface area contributed by atoms with E-state index in [2.05, 4.69) is 10.1 Å². The van der Waals surface area contributed by atoms with Crippen LogP contribution in [0.1, 0.15) is 5.56 Å². The number of phenols is 1. The molecule has 1 heterocycles. The van der Waals surface area contributed by atoms with E-state index in [1.54, 1.807) is 30.3 Å². The Morgan fingerprint density at radius 3 is 2.39 bits per heavy atom. The van der Waals surface area contributed by atoms with Crippen LogP contribution in [0.3, 0.4) is 0 Å². The number of phenolic OH excluding ortho intramolecular Hbond substituents is 1. The summed E-state index contributed by atoms with van der Waals surface area (Å²) in [6.07, 6.45) is 1.04. The number of nitro benzene ring substituents is 1. The quantitative estimate of drug-likeness (QED) is 0.322. The van der Waals surface area contributed by atoms with E-state index in [0.717, 1.165) is 12.3 Å². The number of aromatic hydroxyl groups is 1. The molecule has 0 unspecified atom stereocenters. The van der Waals surface area contributed by atoms with Gasteiger partial charge in [-0.1, -0.05) is 30.3 Å². The number of benzene rings is 3. The van der Waals surface area contributed by atoms with Gasteiger partial charge in [-0.25, -0.2) is 4.79 Å². The van der Waals surface area contributed by atoms with Gasteiger partial charge in [0, 0.05) is 17.0 Å². The molecule has 0 aliphatic heterocycles. The zero-order valence-electron chi connectivity index (χ0n) is 14.2. The van der Waals surface area contributed by atoms with Crippen molar-refractivity contribution in [2.75, 3.05) is 0 Å². The summed E-state index contributed by atoms with van der Waals surface area (Å²) in [7, 11) is 0. The normalized spacial score (nSPS) is 11.4. The molecule has 1 aromatic heterocycles. The van der Waals surface area contributed by atoms with Crippen molar-refractivity contribution < 1.29 is 10.0 Å². The van der Waals surface area contributed by atoms with Gasteiger partial charge in [-0.2, -0.15) is 5.10 Å². The summed E-state index contributed by atoms with van der Waals surface area (Å²) in [6, 6.07) is 13.9. The second-order valence-electron chi connectivity index (χ2n) is 5.97. The number of hydrogen-bond donors (Lipinski definition) is 2. The molecule has 0 fully saturated rings. The number of nitro groups is 1. The Bertz CT molecular complexity index is 1400. The van der Waals surface area contributed by atoms with Crippen molar-refractivity contribution in [3.05, 3.63) is 91.1 Å². The average Bonchev–Trinajstić information content (AvgIpc) is 2.69. The summed E-state index contributed by atoms with van der Waals surface area (Å²) in [4.78, 5) is 38.0. The maximum Gasteiger partial charge on any atom is 0.349 e. The van der Waals surface area contributed by atoms with E-state index in [-0.39, 0.29) is 33.2 Å². The summed E-state index contributed by atoms with van der Waals surface area (Å²) >= 11 is 0. The molecule has 0 amide bonds. The lowest BCUT2D eigenvalue weighted by Crippen LogP contribution is -2.32. The second kappa shape index (κ2) is 6.47. The molecule has 3 aromatic carbocycles. The predicted octanol–water partition coefficient (Wildman–Crippen LogP) is 2.34. The molecule has 0 saturated heterocycles. The molecule has 0 atom stereocenters. The van der Waals surface area contributed by atoms with Gasteiger partial charge in [0.05, 0.1) is 27.4 Å². The summed E-state index contributed by atoms with van der Waals surface area (Å²) in [5, 5.41) is 26.5. The first-order valence-electron chi connectivity index (χ1n) is 8.15. The van der Waals surface area contributed by atoms with Crippen molar-refractivity contribution in [2.45, 2.75) is 0 Å². The van der Waals surface area contributed by atoms with Crippen molar-refractivity contribution in [2.24, 2.45) is 5.10 Å². The third-order valence-corrected chi connectivity index (χ3v) is 4.32.